The number of ether oxygens (including phenoxy) is 1. The van der Waals surface area contributed by atoms with Gasteiger partial charge in [0.1, 0.15) is 5.69 Å². The predicted octanol–water partition coefficient (Wildman–Crippen LogP) is 5.38. The lowest BCUT2D eigenvalue weighted by atomic mass is 10.0. The number of nitrogens with zero attached hydrogens (tertiary/aromatic N) is 2. The Bertz CT molecular complexity index is 1060. The van der Waals surface area contributed by atoms with Crippen LogP contribution in [0.25, 0.3) is 0 Å². The van der Waals surface area contributed by atoms with E-state index in [9.17, 15) is 18.5 Å². The van der Waals surface area contributed by atoms with Crippen LogP contribution in [0, 0.1) is 16.0 Å². The van der Waals surface area contributed by atoms with Crippen molar-refractivity contribution < 1.29 is 18.1 Å². The van der Waals surface area contributed by atoms with Crippen LogP contribution in [-0.2, 0) is 21.2 Å². The van der Waals surface area contributed by atoms with Crippen LogP contribution in [0.1, 0.15) is 52.0 Å². The maximum Gasteiger partial charge on any atom is 0.293 e. The van der Waals surface area contributed by atoms with E-state index >= 15 is 0 Å². The van der Waals surface area contributed by atoms with E-state index in [1.807, 2.05) is 45.0 Å². The topological polar surface area (TPSA) is 102 Å². The fraction of sp³-hybridized carbons (Fsp3) is 0.520. The van der Waals surface area contributed by atoms with E-state index in [4.69, 9.17) is 4.74 Å². The molecule has 0 aromatic heterocycles. The normalized spacial score (nSPS) is 14.8. The van der Waals surface area contributed by atoms with E-state index in [0.29, 0.717) is 49.9 Å². The van der Waals surface area contributed by atoms with Crippen LogP contribution in [0.5, 0.6) is 0 Å². The van der Waals surface area contributed by atoms with Gasteiger partial charge in [0.2, 0.25) is 0 Å². The number of rotatable bonds is 11. The minimum absolute atomic E-state index is 0.0812. The number of anilines is 2. The number of benzene rings is 2. The quantitative estimate of drug-likeness (QED) is 0.336. The summed E-state index contributed by atoms with van der Waals surface area (Å²) >= 11 is 0. The van der Waals surface area contributed by atoms with Crippen LogP contribution in [0.2, 0.25) is 0 Å². The summed E-state index contributed by atoms with van der Waals surface area (Å²) in [6.45, 7) is 7.90. The summed E-state index contributed by atoms with van der Waals surface area (Å²) in [5, 5.41) is 15.0. The molecule has 1 fully saturated rings. The van der Waals surface area contributed by atoms with Gasteiger partial charge in [-0.3, -0.25) is 14.4 Å². The minimum atomic E-state index is -4.02. The van der Waals surface area contributed by atoms with Crippen LogP contribution < -0.4 is 9.62 Å². The lowest BCUT2D eigenvalue weighted by Crippen LogP contribution is -2.40. The van der Waals surface area contributed by atoms with E-state index in [-0.39, 0.29) is 16.6 Å². The molecule has 0 radical (unpaired) electrons. The van der Waals surface area contributed by atoms with Crippen molar-refractivity contribution in [1.82, 2.24) is 0 Å². The van der Waals surface area contributed by atoms with Gasteiger partial charge in [0.15, 0.2) is 0 Å². The number of nitro groups is 1. The minimum Gasteiger partial charge on any atom is -0.381 e. The molecule has 34 heavy (non-hydrogen) atoms. The highest BCUT2D eigenvalue weighted by molar-refractivity contribution is 7.92. The largest absolute Gasteiger partial charge is 0.381 e. The average molecular weight is 490 g/mol. The number of hydrogen-bond donors (Lipinski definition) is 1. The molecule has 0 saturated carbocycles. The number of nitrogens with one attached hydrogen (secondary N) is 1. The fourth-order valence-corrected chi connectivity index (χ4v) is 6.15. The Balaban J connectivity index is 1.96. The Morgan fingerprint density at radius 1 is 1.09 bits per heavy atom. The molecule has 0 amide bonds. The zero-order chi connectivity index (χ0) is 24.7. The van der Waals surface area contributed by atoms with Crippen LogP contribution >= 0.6 is 0 Å². The summed E-state index contributed by atoms with van der Waals surface area (Å²) in [7, 11) is -4.02. The zero-order valence-electron chi connectivity index (χ0n) is 20.2. The molecule has 0 spiro atoms. The summed E-state index contributed by atoms with van der Waals surface area (Å²) in [5.41, 5.74) is 1.77. The molecule has 1 heterocycles. The number of hydrogen-bond acceptors (Lipinski definition) is 6. The monoisotopic (exact) mass is 489 g/mol. The van der Waals surface area contributed by atoms with Crippen molar-refractivity contribution in [3.8, 4) is 0 Å². The Morgan fingerprint density at radius 2 is 1.74 bits per heavy atom. The molecular formula is C25H35N3O5S. The van der Waals surface area contributed by atoms with Crippen molar-refractivity contribution >= 4 is 27.1 Å². The van der Waals surface area contributed by atoms with Crippen molar-refractivity contribution in [2.45, 2.75) is 63.8 Å². The van der Waals surface area contributed by atoms with Crippen molar-refractivity contribution in [2.75, 3.05) is 29.4 Å². The SMILES string of the molecule is CCc1ccc(N(C(CC)CC)S(=O)(=O)c2ccc(NCC3CCOCC3)c([N+](=O)[O-])c2)cc1. The predicted molar refractivity (Wildman–Crippen MR) is 135 cm³/mol. The fourth-order valence-electron chi connectivity index (χ4n) is 4.34. The van der Waals surface area contributed by atoms with Gasteiger partial charge in [-0.1, -0.05) is 32.9 Å². The van der Waals surface area contributed by atoms with E-state index in [1.54, 1.807) is 0 Å². The van der Waals surface area contributed by atoms with Crippen LogP contribution in [-0.4, -0.2) is 39.1 Å². The summed E-state index contributed by atoms with van der Waals surface area (Å²) in [4.78, 5) is 11.2. The maximum absolute atomic E-state index is 13.8. The summed E-state index contributed by atoms with van der Waals surface area (Å²) in [5.74, 6) is 0.369. The standard InChI is InChI=1S/C25H35N3O5S/c1-4-19-7-9-22(10-8-19)27(21(5-2)6-3)34(31,32)23-11-12-24(25(17-23)28(29)30)26-18-20-13-15-33-16-14-20/h7-12,17,20-21,26H,4-6,13-16,18H2,1-3H3. The molecule has 2 aromatic rings. The lowest BCUT2D eigenvalue weighted by molar-refractivity contribution is -0.384. The Morgan fingerprint density at radius 3 is 2.29 bits per heavy atom. The first-order valence-corrected chi connectivity index (χ1v) is 13.5. The van der Waals surface area contributed by atoms with E-state index < -0.39 is 14.9 Å². The molecule has 2 aromatic carbocycles. The molecule has 0 atom stereocenters. The Kier molecular flexibility index (Phi) is 8.90. The second-order valence-corrected chi connectivity index (χ2v) is 10.5. The smallest absolute Gasteiger partial charge is 0.293 e. The highest BCUT2D eigenvalue weighted by Crippen LogP contribution is 2.33. The molecular weight excluding hydrogens is 454 g/mol. The highest BCUT2D eigenvalue weighted by atomic mass is 32.2. The molecule has 1 N–H and O–H groups in total. The lowest BCUT2D eigenvalue weighted by Gasteiger charge is -2.32. The molecule has 1 saturated heterocycles. The molecule has 8 nitrogen and oxygen atoms in total. The van der Waals surface area contributed by atoms with Crippen LogP contribution in [0.15, 0.2) is 47.4 Å². The summed E-state index contributed by atoms with van der Waals surface area (Å²) in [6, 6.07) is 11.4. The molecule has 9 heteroatoms. The Labute approximate surface area is 202 Å². The maximum atomic E-state index is 13.8. The second-order valence-electron chi connectivity index (χ2n) is 8.66. The van der Waals surface area contributed by atoms with Gasteiger partial charge in [0.25, 0.3) is 15.7 Å². The van der Waals surface area contributed by atoms with Gasteiger partial charge in [-0.05, 0) is 67.9 Å². The van der Waals surface area contributed by atoms with Gasteiger partial charge >= 0.3 is 0 Å². The van der Waals surface area contributed by atoms with Gasteiger partial charge in [-0.2, -0.15) is 0 Å². The number of sulfonamides is 1. The summed E-state index contributed by atoms with van der Waals surface area (Å²) in [6.07, 6.45) is 3.89. The average Bonchev–Trinajstić information content (AvgIpc) is 2.86. The van der Waals surface area contributed by atoms with Gasteiger partial charge < -0.3 is 10.1 Å². The van der Waals surface area contributed by atoms with Crippen molar-refractivity contribution in [3.05, 3.63) is 58.1 Å². The first-order chi connectivity index (χ1) is 16.3. The highest BCUT2D eigenvalue weighted by Gasteiger charge is 2.32. The number of nitro benzene ring substituents is 1. The molecule has 0 unspecified atom stereocenters. The molecule has 0 aliphatic carbocycles. The van der Waals surface area contributed by atoms with Crippen molar-refractivity contribution in [1.29, 1.82) is 0 Å². The van der Waals surface area contributed by atoms with Gasteiger partial charge in [-0.15, -0.1) is 0 Å². The van der Waals surface area contributed by atoms with E-state index in [1.165, 1.54) is 22.5 Å². The second kappa shape index (κ2) is 11.7. The van der Waals surface area contributed by atoms with E-state index in [0.717, 1.165) is 24.8 Å². The molecule has 1 aliphatic heterocycles. The number of aryl methyl sites for hydroxylation is 1. The van der Waals surface area contributed by atoms with Crippen LogP contribution in [0.4, 0.5) is 17.1 Å². The first kappa shape index (κ1) is 26.0. The zero-order valence-corrected chi connectivity index (χ0v) is 21.0. The molecule has 186 valence electrons. The molecule has 3 rings (SSSR count). The Hall–Kier alpha value is -2.65. The van der Waals surface area contributed by atoms with Gasteiger partial charge in [0.05, 0.1) is 15.5 Å². The third-order valence-corrected chi connectivity index (χ3v) is 8.39. The van der Waals surface area contributed by atoms with E-state index in [2.05, 4.69) is 5.32 Å². The third kappa shape index (κ3) is 5.88. The molecule has 0 bridgehead atoms. The third-order valence-electron chi connectivity index (χ3n) is 6.52. The van der Waals surface area contributed by atoms with Crippen LogP contribution in [0.3, 0.4) is 0 Å². The van der Waals surface area contributed by atoms with Gasteiger partial charge in [-0.25, -0.2) is 8.42 Å². The van der Waals surface area contributed by atoms with Gasteiger partial charge in [0, 0.05) is 31.9 Å². The van der Waals surface area contributed by atoms with Crippen molar-refractivity contribution in [2.24, 2.45) is 5.92 Å². The van der Waals surface area contributed by atoms with Crippen molar-refractivity contribution in [3.63, 3.8) is 0 Å². The molecule has 1 aliphatic rings. The summed E-state index contributed by atoms with van der Waals surface area (Å²) < 4.78 is 34.4. The first-order valence-electron chi connectivity index (χ1n) is 12.0.